The summed E-state index contributed by atoms with van der Waals surface area (Å²) in [6.07, 6.45) is 4.06. The molecular formula is C21H26N2O5. The smallest absolute Gasteiger partial charge is 0.329 e. The fraction of sp³-hybridized carbons (Fsp3) is 0.524. The van der Waals surface area contributed by atoms with E-state index in [4.69, 9.17) is 4.74 Å². The first kappa shape index (κ1) is 20.0. The van der Waals surface area contributed by atoms with Crippen molar-refractivity contribution in [1.29, 1.82) is 0 Å². The molecule has 3 amide bonds. The predicted molar refractivity (Wildman–Crippen MR) is 102 cm³/mol. The summed E-state index contributed by atoms with van der Waals surface area (Å²) in [5.41, 5.74) is 0.545. The van der Waals surface area contributed by atoms with Crippen LogP contribution in [0, 0.1) is 5.92 Å². The number of nitrogens with zero attached hydrogens (tertiary/aromatic N) is 2. The van der Waals surface area contributed by atoms with Crippen molar-refractivity contribution in [2.45, 2.75) is 51.6 Å². The third-order valence-corrected chi connectivity index (χ3v) is 5.82. The van der Waals surface area contributed by atoms with Gasteiger partial charge in [0, 0.05) is 13.1 Å². The number of imide groups is 1. The highest BCUT2D eigenvalue weighted by atomic mass is 16.5. The summed E-state index contributed by atoms with van der Waals surface area (Å²) in [7, 11) is 1.73. The van der Waals surface area contributed by atoms with E-state index in [9.17, 15) is 19.2 Å². The third kappa shape index (κ3) is 3.79. The first-order valence-electron chi connectivity index (χ1n) is 9.70. The maximum atomic E-state index is 12.5. The standard InChI is InChI=1S/C21H26N2O5/c1-13-8-10-15(11-9-13)22(3)18(24)12-28-21(27)14(2)23-19(25)16-6-4-5-7-17(16)20(23)26/h4-7,13-15H,8-12H2,1-3H3/t13?,14-,15?/m0/s1. The van der Waals surface area contributed by atoms with Crippen molar-refractivity contribution >= 4 is 23.7 Å². The highest BCUT2D eigenvalue weighted by Gasteiger charge is 2.41. The second-order valence-electron chi connectivity index (χ2n) is 7.73. The Morgan fingerprint density at radius 1 is 1.11 bits per heavy atom. The van der Waals surface area contributed by atoms with Crippen LogP contribution in [0.15, 0.2) is 24.3 Å². The van der Waals surface area contributed by atoms with Gasteiger partial charge in [-0.3, -0.25) is 19.3 Å². The van der Waals surface area contributed by atoms with E-state index in [1.165, 1.54) is 6.92 Å². The van der Waals surface area contributed by atoms with E-state index in [1.807, 2.05) is 0 Å². The molecule has 7 nitrogen and oxygen atoms in total. The molecule has 0 spiro atoms. The Morgan fingerprint density at radius 3 is 2.18 bits per heavy atom. The fourth-order valence-corrected chi connectivity index (χ4v) is 3.85. The predicted octanol–water partition coefficient (Wildman–Crippen LogP) is 2.25. The maximum absolute atomic E-state index is 12.5. The average Bonchev–Trinajstić information content (AvgIpc) is 2.96. The Balaban J connectivity index is 1.56. The molecule has 28 heavy (non-hydrogen) atoms. The number of hydrogen-bond donors (Lipinski definition) is 0. The first-order chi connectivity index (χ1) is 13.3. The quantitative estimate of drug-likeness (QED) is 0.572. The minimum Gasteiger partial charge on any atom is -0.454 e. The summed E-state index contributed by atoms with van der Waals surface area (Å²) in [6.45, 7) is 3.25. The monoisotopic (exact) mass is 386 g/mol. The third-order valence-electron chi connectivity index (χ3n) is 5.82. The summed E-state index contributed by atoms with van der Waals surface area (Å²) >= 11 is 0. The second kappa shape index (κ2) is 8.12. The summed E-state index contributed by atoms with van der Waals surface area (Å²) in [5.74, 6) is -1.41. The second-order valence-corrected chi connectivity index (χ2v) is 7.73. The molecule has 1 fully saturated rings. The van der Waals surface area contributed by atoms with E-state index in [0.717, 1.165) is 30.6 Å². The molecule has 1 aliphatic carbocycles. The van der Waals surface area contributed by atoms with Gasteiger partial charge >= 0.3 is 5.97 Å². The number of amides is 3. The van der Waals surface area contributed by atoms with Crippen molar-refractivity contribution in [3.63, 3.8) is 0 Å². The van der Waals surface area contributed by atoms with Gasteiger partial charge in [0.05, 0.1) is 11.1 Å². The molecule has 0 unspecified atom stereocenters. The van der Waals surface area contributed by atoms with E-state index in [1.54, 1.807) is 36.2 Å². The van der Waals surface area contributed by atoms with Gasteiger partial charge in [-0.2, -0.15) is 0 Å². The molecule has 1 aliphatic heterocycles. The topological polar surface area (TPSA) is 84.0 Å². The molecule has 0 radical (unpaired) electrons. The minimum absolute atomic E-state index is 0.163. The average molecular weight is 386 g/mol. The van der Waals surface area contributed by atoms with E-state index in [2.05, 4.69) is 6.92 Å². The van der Waals surface area contributed by atoms with Crippen LogP contribution in [0.2, 0.25) is 0 Å². The number of carbonyl (C=O) groups is 4. The van der Waals surface area contributed by atoms with Crippen LogP contribution >= 0.6 is 0 Å². The Kier molecular flexibility index (Phi) is 5.82. The van der Waals surface area contributed by atoms with Gasteiger partial charge in [0.2, 0.25) is 0 Å². The molecule has 0 saturated heterocycles. The maximum Gasteiger partial charge on any atom is 0.329 e. The molecule has 1 aromatic carbocycles. The van der Waals surface area contributed by atoms with Crippen molar-refractivity contribution < 1.29 is 23.9 Å². The van der Waals surface area contributed by atoms with E-state index < -0.39 is 30.4 Å². The lowest BCUT2D eigenvalue weighted by Crippen LogP contribution is -2.45. The van der Waals surface area contributed by atoms with Crippen molar-refractivity contribution in [2.75, 3.05) is 13.7 Å². The Hall–Kier alpha value is -2.70. The van der Waals surface area contributed by atoms with Crippen LogP contribution in [0.3, 0.4) is 0 Å². The van der Waals surface area contributed by atoms with Crippen LogP contribution in [0.1, 0.15) is 60.2 Å². The Morgan fingerprint density at radius 2 is 1.64 bits per heavy atom. The zero-order valence-corrected chi connectivity index (χ0v) is 16.5. The molecule has 1 aromatic rings. The molecule has 1 heterocycles. The van der Waals surface area contributed by atoms with E-state index >= 15 is 0 Å². The SMILES string of the molecule is CC1CCC(N(C)C(=O)COC(=O)[C@H](C)N2C(=O)c3ccccc3C2=O)CC1. The van der Waals surface area contributed by atoms with Gasteiger partial charge in [-0.1, -0.05) is 19.1 Å². The zero-order valence-electron chi connectivity index (χ0n) is 16.5. The van der Waals surface area contributed by atoms with Crippen LogP contribution in [-0.4, -0.2) is 59.2 Å². The zero-order chi connectivity index (χ0) is 20.4. The molecule has 0 N–H and O–H groups in total. The number of rotatable bonds is 5. The van der Waals surface area contributed by atoms with Crippen molar-refractivity contribution in [1.82, 2.24) is 9.80 Å². The van der Waals surface area contributed by atoms with Crippen molar-refractivity contribution in [2.24, 2.45) is 5.92 Å². The number of ether oxygens (including phenoxy) is 1. The lowest BCUT2D eigenvalue weighted by molar-refractivity contribution is -0.155. The van der Waals surface area contributed by atoms with Crippen LogP contribution in [0.4, 0.5) is 0 Å². The van der Waals surface area contributed by atoms with Gasteiger partial charge in [-0.25, -0.2) is 4.79 Å². The van der Waals surface area contributed by atoms with Crippen LogP contribution in [0.25, 0.3) is 0 Å². The Labute approximate surface area is 164 Å². The molecule has 0 bridgehead atoms. The number of likely N-dealkylation sites (N-methyl/N-ethyl adjacent to an activating group) is 1. The number of carbonyl (C=O) groups excluding carboxylic acids is 4. The molecule has 0 aromatic heterocycles. The normalized spacial score (nSPS) is 22.6. The molecule has 3 rings (SSSR count). The Bertz CT molecular complexity index is 763. The minimum atomic E-state index is -1.10. The van der Waals surface area contributed by atoms with Gasteiger partial charge in [-0.05, 0) is 50.7 Å². The molecule has 1 atom stereocenters. The highest BCUT2D eigenvalue weighted by molar-refractivity contribution is 6.22. The number of fused-ring (bicyclic) bond motifs is 1. The largest absolute Gasteiger partial charge is 0.454 e. The summed E-state index contributed by atoms with van der Waals surface area (Å²) in [6, 6.07) is 5.50. The van der Waals surface area contributed by atoms with Gasteiger partial charge in [0.1, 0.15) is 6.04 Å². The van der Waals surface area contributed by atoms with Gasteiger partial charge in [0.25, 0.3) is 17.7 Å². The molecular weight excluding hydrogens is 360 g/mol. The van der Waals surface area contributed by atoms with Crippen molar-refractivity contribution in [3.05, 3.63) is 35.4 Å². The van der Waals surface area contributed by atoms with Crippen LogP contribution in [0.5, 0.6) is 0 Å². The summed E-state index contributed by atoms with van der Waals surface area (Å²) in [5, 5.41) is 0. The molecule has 150 valence electrons. The van der Waals surface area contributed by atoms with E-state index in [-0.39, 0.29) is 23.1 Å². The number of esters is 1. The summed E-state index contributed by atoms with van der Waals surface area (Å²) in [4.78, 5) is 52.2. The highest BCUT2D eigenvalue weighted by Crippen LogP contribution is 2.27. The van der Waals surface area contributed by atoms with Crippen LogP contribution < -0.4 is 0 Å². The molecule has 2 aliphatic rings. The summed E-state index contributed by atoms with van der Waals surface area (Å²) < 4.78 is 5.13. The molecule has 1 saturated carbocycles. The number of benzene rings is 1. The van der Waals surface area contributed by atoms with Gasteiger partial charge in [-0.15, -0.1) is 0 Å². The molecule has 7 heteroatoms. The van der Waals surface area contributed by atoms with Gasteiger partial charge in [0.15, 0.2) is 6.61 Å². The lowest BCUT2D eigenvalue weighted by atomic mass is 9.87. The first-order valence-corrected chi connectivity index (χ1v) is 9.70. The van der Waals surface area contributed by atoms with Crippen molar-refractivity contribution in [3.8, 4) is 0 Å². The van der Waals surface area contributed by atoms with E-state index in [0.29, 0.717) is 5.92 Å². The van der Waals surface area contributed by atoms with Gasteiger partial charge < -0.3 is 9.64 Å². The number of hydrogen-bond acceptors (Lipinski definition) is 5. The lowest BCUT2D eigenvalue weighted by Gasteiger charge is -2.33. The fourth-order valence-electron chi connectivity index (χ4n) is 3.85. The van der Waals surface area contributed by atoms with Crippen LogP contribution in [-0.2, 0) is 14.3 Å².